The van der Waals surface area contributed by atoms with Gasteiger partial charge in [-0.15, -0.1) is 0 Å². The first-order valence-electron chi connectivity index (χ1n) is 10.7. The molecule has 2 N–H and O–H groups in total. The lowest BCUT2D eigenvalue weighted by Crippen LogP contribution is -2.36. The van der Waals surface area contributed by atoms with Gasteiger partial charge in [-0.3, -0.25) is 14.6 Å². The fraction of sp³-hybridized carbons (Fsp3) is 0.240. The largest absolute Gasteiger partial charge is 0.353 e. The molecule has 2 amide bonds. The zero-order valence-electron chi connectivity index (χ0n) is 17.7. The van der Waals surface area contributed by atoms with Crippen molar-refractivity contribution < 1.29 is 9.59 Å². The standard InChI is InChI=1S/C25H23ClN4O2/c1-15(31)30-9-7-16(8-10-30)23-13-21-20-12-19(5-6-22(20)29-24(21)14-27-23)28-25(32)17-3-2-4-18(26)11-17/h2-6,11-14,16,29H,7-10H2,1H3,(H,28,32). The van der Waals surface area contributed by atoms with Gasteiger partial charge in [0.1, 0.15) is 0 Å². The van der Waals surface area contributed by atoms with Crippen LogP contribution in [0, 0.1) is 0 Å². The molecular weight excluding hydrogens is 424 g/mol. The molecule has 4 aromatic rings. The van der Waals surface area contributed by atoms with Crippen molar-refractivity contribution in [2.24, 2.45) is 0 Å². The van der Waals surface area contributed by atoms with E-state index < -0.39 is 0 Å². The van der Waals surface area contributed by atoms with E-state index in [0.717, 1.165) is 59.1 Å². The number of pyridine rings is 1. The lowest BCUT2D eigenvalue weighted by atomic mass is 9.92. The van der Waals surface area contributed by atoms with Gasteiger partial charge >= 0.3 is 0 Å². The van der Waals surface area contributed by atoms with Crippen molar-refractivity contribution >= 4 is 50.9 Å². The number of fused-ring (bicyclic) bond motifs is 3. The Morgan fingerprint density at radius 2 is 1.84 bits per heavy atom. The van der Waals surface area contributed by atoms with E-state index >= 15 is 0 Å². The van der Waals surface area contributed by atoms with Crippen LogP contribution < -0.4 is 5.32 Å². The number of likely N-dealkylation sites (tertiary alicyclic amines) is 1. The second-order valence-electron chi connectivity index (χ2n) is 8.28. The fourth-order valence-corrected chi connectivity index (χ4v) is 4.63. The zero-order valence-corrected chi connectivity index (χ0v) is 18.4. The SMILES string of the molecule is CC(=O)N1CCC(c2cc3c(cn2)[nH]c2ccc(NC(=O)c4cccc(Cl)c4)cc23)CC1. The van der Waals surface area contributed by atoms with E-state index in [4.69, 9.17) is 16.6 Å². The molecule has 0 aliphatic carbocycles. The summed E-state index contributed by atoms with van der Waals surface area (Å²) >= 11 is 6.01. The Morgan fingerprint density at radius 3 is 2.59 bits per heavy atom. The molecule has 0 unspecified atom stereocenters. The van der Waals surface area contributed by atoms with Gasteiger partial charge in [0, 0.05) is 64.2 Å². The number of hydrogen-bond donors (Lipinski definition) is 2. The summed E-state index contributed by atoms with van der Waals surface area (Å²) in [6.45, 7) is 3.17. The minimum Gasteiger partial charge on any atom is -0.353 e. The Morgan fingerprint density at radius 1 is 1.06 bits per heavy atom. The van der Waals surface area contributed by atoms with Crippen molar-refractivity contribution in [2.45, 2.75) is 25.7 Å². The van der Waals surface area contributed by atoms with Gasteiger partial charge in [0.2, 0.25) is 5.91 Å². The van der Waals surface area contributed by atoms with Crippen molar-refractivity contribution in [3.05, 3.63) is 71.0 Å². The molecule has 7 heteroatoms. The molecule has 2 aromatic heterocycles. The summed E-state index contributed by atoms with van der Waals surface area (Å²) < 4.78 is 0. The van der Waals surface area contributed by atoms with Crippen LogP contribution in [0.4, 0.5) is 5.69 Å². The number of rotatable bonds is 3. The number of benzene rings is 2. The van der Waals surface area contributed by atoms with Gasteiger partial charge in [-0.1, -0.05) is 17.7 Å². The number of hydrogen-bond acceptors (Lipinski definition) is 3. The molecule has 1 saturated heterocycles. The summed E-state index contributed by atoms with van der Waals surface area (Å²) in [6, 6.07) is 14.9. The molecule has 0 saturated carbocycles. The van der Waals surface area contributed by atoms with Crippen molar-refractivity contribution in [2.75, 3.05) is 18.4 Å². The van der Waals surface area contributed by atoms with Crippen molar-refractivity contribution in [3.63, 3.8) is 0 Å². The van der Waals surface area contributed by atoms with E-state index in [1.807, 2.05) is 29.3 Å². The zero-order chi connectivity index (χ0) is 22.2. The van der Waals surface area contributed by atoms with E-state index in [1.165, 1.54) is 0 Å². The lowest BCUT2D eigenvalue weighted by Gasteiger charge is -2.31. The molecule has 3 heterocycles. The molecule has 2 aromatic carbocycles. The Hall–Kier alpha value is -3.38. The maximum atomic E-state index is 12.6. The van der Waals surface area contributed by atoms with Crippen molar-refractivity contribution in [3.8, 4) is 0 Å². The normalized spacial score (nSPS) is 14.8. The number of nitrogens with one attached hydrogen (secondary N) is 2. The number of H-pyrrole nitrogens is 1. The predicted octanol–water partition coefficient (Wildman–Crippen LogP) is 5.35. The maximum Gasteiger partial charge on any atom is 0.255 e. The van der Waals surface area contributed by atoms with Gasteiger partial charge in [0.15, 0.2) is 0 Å². The first-order chi connectivity index (χ1) is 15.5. The van der Waals surface area contributed by atoms with Crippen LogP contribution in [0.5, 0.6) is 0 Å². The Kier molecular flexibility index (Phi) is 5.31. The summed E-state index contributed by atoms with van der Waals surface area (Å²) in [5, 5.41) is 5.60. The number of anilines is 1. The molecule has 5 rings (SSSR count). The van der Waals surface area contributed by atoms with Crippen LogP contribution in [0.1, 0.15) is 41.7 Å². The monoisotopic (exact) mass is 446 g/mol. The van der Waals surface area contributed by atoms with E-state index in [-0.39, 0.29) is 11.8 Å². The minimum atomic E-state index is -0.203. The first kappa shape index (κ1) is 20.5. The molecule has 162 valence electrons. The Balaban J connectivity index is 1.43. The highest BCUT2D eigenvalue weighted by atomic mass is 35.5. The predicted molar refractivity (Wildman–Crippen MR) is 127 cm³/mol. The summed E-state index contributed by atoms with van der Waals surface area (Å²) in [6.07, 6.45) is 3.72. The first-order valence-corrected chi connectivity index (χ1v) is 11.1. The van der Waals surface area contributed by atoms with Gasteiger partial charge in [0.25, 0.3) is 5.91 Å². The summed E-state index contributed by atoms with van der Waals surface area (Å²) in [4.78, 5) is 34.2. The van der Waals surface area contributed by atoms with Gasteiger partial charge < -0.3 is 15.2 Å². The highest BCUT2D eigenvalue weighted by Gasteiger charge is 2.23. The average Bonchev–Trinajstić information content (AvgIpc) is 3.16. The second-order valence-corrected chi connectivity index (χ2v) is 8.72. The molecule has 32 heavy (non-hydrogen) atoms. The second kappa shape index (κ2) is 8.28. The van der Waals surface area contributed by atoms with Gasteiger partial charge in [-0.05, 0) is 55.3 Å². The van der Waals surface area contributed by atoms with Crippen molar-refractivity contribution in [1.29, 1.82) is 0 Å². The highest BCUT2D eigenvalue weighted by Crippen LogP contribution is 2.32. The van der Waals surface area contributed by atoms with Gasteiger partial charge in [-0.2, -0.15) is 0 Å². The quantitative estimate of drug-likeness (QED) is 0.445. The molecule has 0 atom stereocenters. The average molecular weight is 447 g/mol. The number of carbonyl (C=O) groups is 2. The molecule has 1 aliphatic heterocycles. The topological polar surface area (TPSA) is 78.1 Å². The van der Waals surface area contributed by atoms with Crippen LogP contribution in [0.3, 0.4) is 0 Å². The van der Waals surface area contributed by atoms with Crippen LogP contribution in [-0.2, 0) is 4.79 Å². The number of piperidine rings is 1. The molecular formula is C25H23ClN4O2. The number of aromatic amines is 1. The van der Waals surface area contributed by atoms with Crippen LogP contribution in [0.25, 0.3) is 21.8 Å². The van der Waals surface area contributed by atoms with E-state index in [1.54, 1.807) is 31.2 Å². The molecule has 1 aliphatic rings. The van der Waals surface area contributed by atoms with E-state index in [9.17, 15) is 9.59 Å². The minimum absolute atomic E-state index is 0.135. The van der Waals surface area contributed by atoms with Crippen LogP contribution in [0.15, 0.2) is 54.7 Å². The lowest BCUT2D eigenvalue weighted by molar-refractivity contribution is -0.129. The summed E-state index contributed by atoms with van der Waals surface area (Å²) in [5.74, 6) is 0.271. The maximum absolute atomic E-state index is 12.6. The number of aromatic nitrogens is 2. The van der Waals surface area contributed by atoms with Crippen LogP contribution >= 0.6 is 11.6 Å². The number of nitrogens with zero attached hydrogens (tertiary/aromatic N) is 2. The fourth-order valence-electron chi connectivity index (χ4n) is 4.44. The highest BCUT2D eigenvalue weighted by molar-refractivity contribution is 6.31. The smallest absolute Gasteiger partial charge is 0.255 e. The summed E-state index contributed by atoms with van der Waals surface area (Å²) in [5.41, 5.74) is 4.24. The molecule has 0 radical (unpaired) electrons. The Bertz CT molecular complexity index is 1340. The van der Waals surface area contributed by atoms with E-state index in [2.05, 4.69) is 16.4 Å². The van der Waals surface area contributed by atoms with Gasteiger partial charge in [-0.25, -0.2) is 0 Å². The molecule has 0 bridgehead atoms. The third-order valence-corrected chi connectivity index (χ3v) is 6.44. The third kappa shape index (κ3) is 3.94. The van der Waals surface area contributed by atoms with Crippen LogP contribution in [0.2, 0.25) is 5.02 Å². The third-order valence-electron chi connectivity index (χ3n) is 6.21. The molecule has 1 fully saturated rings. The number of halogens is 1. The van der Waals surface area contributed by atoms with Crippen LogP contribution in [-0.4, -0.2) is 39.8 Å². The molecule has 6 nitrogen and oxygen atoms in total. The summed E-state index contributed by atoms with van der Waals surface area (Å²) in [7, 11) is 0. The molecule has 0 spiro atoms. The number of amides is 2. The van der Waals surface area contributed by atoms with Gasteiger partial charge in [0.05, 0.1) is 11.7 Å². The van der Waals surface area contributed by atoms with Crippen molar-refractivity contribution in [1.82, 2.24) is 14.9 Å². The Labute approximate surface area is 190 Å². The number of carbonyl (C=O) groups excluding carboxylic acids is 2. The van der Waals surface area contributed by atoms with E-state index in [0.29, 0.717) is 16.5 Å².